The van der Waals surface area contributed by atoms with Crippen molar-refractivity contribution >= 4 is 21.6 Å². The molecule has 0 spiro atoms. The highest BCUT2D eigenvalue weighted by Crippen LogP contribution is 2.42. The van der Waals surface area contributed by atoms with Gasteiger partial charge in [0.2, 0.25) is 10.0 Å². The van der Waals surface area contributed by atoms with Crippen LogP contribution in [0.4, 0.5) is 0 Å². The zero-order valence-electron chi connectivity index (χ0n) is 13.7. The lowest BCUT2D eigenvalue weighted by Crippen LogP contribution is -2.31. The average molecular weight is 376 g/mol. The van der Waals surface area contributed by atoms with Crippen molar-refractivity contribution in [2.75, 3.05) is 5.75 Å². The second-order valence-electron chi connectivity index (χ2n) is 6.15. The summed E-state index contributed by atoms with van der Waals surface area (Å²) in [5.74, 6) is 0.358. The third kappa shape index (κ3) is 4.18. The van der Waals surface area contributed by atoms with Crippen LogP contribution in [0.5, 0.6) is 0 Å². The molecule has 2 aromatic rings. The SMILES string of the molecule is CCS(=O)(=O)N[C@@H](c1cncc(-c2ccc(C#N)c(Cl)c2)c1)C1CC1. The maximum Gasteiger partial charge on any atom is 0.211 e. The normalized spacial score (nSPS) is 15.6. The Morgan fingerprint density at radius 2 is 2.08 bits per heavy atom. The number of pyridine rings is 1. The van der Waals surface area contributed by atoms with Crippen molar-refractivity contribution in [3.63, 3.8) is 0 Å². The Kier molecular flexibility index (Phi) is 5.09. The minimum Gasteiger partial charge on any atom is -0.264 e. The van der Waals surface area contributed by atoms with Crippen LogP contribution >= 0.6 is 11.6 Å². The number of rotatable bonds is 6. The Balaban J connectivity index is 1.95. The summed E-state index contributed by atoms with van der Waals surface area (Å²) < 4.78 is 26.8. The molecule has 1 saturated carbocycles. The molecule has 25 heavy (non-hydrogen) atoms. The topological polar surface area (TPSA) is 82.8 Å². The predicted octanol–water partition coefficient (Wildman–Crippen LogP) is 3.66. The summed E-state index contributed by atoms with van der Waals surface area (Å²) in [5.41, 5.74) is 2.94. The van der Waals surface area contributed by atoms with Crippen LogP contribution in [0, 0.1) is 17.2 Å². The second kappa shape index (κ2) is 7.12. The van der Waals surface area contributed by atoms with Crippen molar-refractivity contribution in [2.45, 2.75) is 25.8 Å². The van der Waals surface area contributed by atoms with Gasteiger partial charge in [-0.05, 0) is 55.0 Å². The van der Waals surface area contributed by atoms with Gasteiger partial charge in [-0.1, -0.05) is 17.7 Å². The maximum atomic E-state index is 12.0. The summed E-state index contributed by atoms with van der Waals surface area (Å²) in [6.45, 7) is 1.62. The molecular formula is C18H18ClN3O2S. The second-order valence-corrected chi connectivity index (χ2v) is 8.60. The van der Waals surface area contributed by atoms with E-state index in [1.54, 1.807) is 31.5 Å². The van der Waals surface area contributed by atoms with Gasteiger partial charge in [0.25, 0.3) is 0 Å². The molecule has 1 aliphatic carbocycles. The summed E-state index contributed by atoms with van der Waals surface area (Å²) in [6, 6.07) is 8.92. The fraction of sp³-hybridized carbons (Fsp3) is 0.333. The molecular weight excluding hydrogens is 358 g/mol. The van der Waals surface area contributed by atoms with E-state index in [4.69, 9.17) is 16.9 Å². The molecule has 130 valence electrons. The van der Waals surface area contributed by atoms with E-state index in [0.29, 0.717) is 16.5 Å². The van der Waals surface area contributed by atoms with Crippen molar-refractivity contribution in [1.29, 1.82) is 5.26 Å². The molecule has 3 rings (SSSR count). The largest absolute Gasteiger partial charge is 0.264 e. The van der Waals surface area contributed by atoms with Gasteiger partial charge in [0, 0.05) is 18.0 Å². The van der Waals surface area contributed by atoms with Gasteiger partial charge in [-0.2, -0.15) is 5.26 Å². The monoisotopic (exact) mass is 375 g/mol. The smallest absolute Gasteiger partial charge is 0.211 e. The van der Waals surface area contributed by atoms with Crippen molar-refractivity contribution in [2.24, 2.45) is 5.92 Å². The van der Waals surface area contributed by atoms with Gasteiger partial charge in [-0.3, -0.25) is 4.98 Å². The van der Waals surface area contributed by atoms with Gasteiger partial charge in [-0.25, -0.2) is 13.1 Å². The number of benzene rings is 1. The summed E-state index contributed by atoms with van der Waals surface area (Å²) >= 11 is 6.11. The van der Waals surface area contributed by atoms with Gasteiger partial charge in [0.05, 0.1) is 22.4 Å². The highest BCUT2D eigenvalue weighted by atomic mass is 35.5. The molecule has 1 aliphatic rings. The molecule has 7 heteroatoms. The number of hydrogen-bond donors (Lipinski definition) is 1. The predicted molar refractivity (Wildman–Crippen MR) is 97.5 cm³/mol. The lowest BCUT2D eigenvalue weighted by atomic mass is 10.00. The first kappa shape index (κ1) is 17.9. The van der Waals surface area contributed by atoms with Gasteiger partial charge >= 0.3 is 0 Å². The Morgan fingerprint density at radius 3 is 2.68 bits per heavy atom. The van der Waals surface area contributed by atoms with Crippen LogP contribution in [0.3, 0.4) is 0 Å². The highest BCUT2D eigenvalue weighted by molar-refractivity contribution is 7.89. The number of nitrogens with one attached hydrogen (secondary N) is 1. The molecule has 1 N–H and O–H groups in total. The fourth-order valence-corrected chi connectivity index (χ4v) is 3.82. The first-order valence-corrected chi connectivity index (χ1v) is 10.1. The van der Waals surface area contributed by atoms with E-state index in [-0.39, 0.29) is 11.8 Å². The summed E-state index contributed by atoms with van der Waals surface area (Å²) in [4.78, 5) is 4.28. The molecule has 1 fully saturated rings. The zero-order valence-corrected chi connectivity index (χ0v) is 15.3. The fourth-order valence-electron chi connectivity index (χ4n) is 2.71. The molecule has 5 nitrogen and oxygen atoms in total. The van der Waals surface area contributed by atoms with Crippen LogP contribution in [0.1, 0.15) is 36.9 Å². The number of nitriles is 1. The molecule has 1 heterocycles. The zero-order chi connectivity index (χ0) is 18.0. The van der Waals surface area contributed by atoms with Crippen LogP contribution in [0.25, 0.3) is 11.1 Å². The van der Waals surface area contributed by atoms with E-state index in [9.17, 15) is 8.42 Å². The standard InChI is InChI=1S/C18H18ClN3O2S/c1-2-25(23,24)22-18(12-3-4-12)16-7-15(10-21-11-16)13-5-6-14(9-20)17(19)8-13/h5-8,10-12,18,22H,2-4H2,1H3/t18-/m1/s1. The number of sulfonamides is 1. The van der Waals surface area contributed by atoms with Crippen LogP contribution in [-0.4, -0.2) is 19.2 Å². The molecule has 0 unspecified atom stereocenters. The third-order valence-corrected chi connectivity index (χ3v) is 6.01. The van der Waals surface area contributed by atoms with Crippen LogP contribution in [0.2, 0.25) is 5.02 Å². The van der Waals surface area contributed by atoms with Crippen molar-refractivity contribution in [3.8, 4) is 17.2 Å². The van der Waals surface area contributed by atoms with Gasteiger partial charge in [-0.15, -0.1) is 0 Å². The number of hydrogen-bond acceptors (Lipinski definition) is 4. The number of nitrogens with zero attached hydrogens (tertiary/aromatic N) is 2. The molecule has 1 aromatic heterocycles. The van der Waals surface area contributed by atoms with Crippen molar-refractivity contribution in [1.82, 2.24) is 9.71 Å². The molecule has 0 aliphatic heterocycles. The maximum absolute atomic E-state index is 12.0. The summed E-state index contributed by atoms with van der Waals surface area (Å²) in [6.07, 6.45) is 5.42. The van der Waals surface area contributed by atoms with Crippen LogP contribution in [-0.2, 0) is 10.0 Å². The summed E-state index contributed by atoms with van der Waals surface area (Å²) in [5, 5.41) is 9.37. The first-order chi connectivity index (χ1) is 11.9. The molecule has 0 saturated heterocycles. The summed E-state index contributed by atoms with van der Waals surface area (Å²) in [7, 11) is -3.30. The Hall–Kier alpha value is -1.94. The van der Waals surface area contributed by atoms with E-state index in [1.807, 2.05) is 18.2 Å². The molecule has 0 amide bonds. The van der Waals surface area contributed by atoms with Crippen molar-refractivity contribution in [3.05, 3.63) is 52.8 Å². The van der Waals surface area contributed by atoms with E-state index >= 15 is 0 Å². The molecule has 1 aromatic carbocycles. The van der Waals surface area contributed by atoms with Crippen LogP contribution in [0.15, 0.2) is 36.7 Å². The molecule has 0 bridgehead atoms. The van der Waals surface area contributed by atoms with Gasteiger partial charge in [0.1, 0.15) is 6.07 Å². The lowest BCUT2D eigenvalue weighted by molar-refractivity contribution is 0.529. The van der Waals surface area contributed by atoms with Crippen LogP contribution < -0.4 is 4.72 Å². The van der Waals surface area contributed by atoms with E-state index < -0.39 is 10.0 Å². The van der Waals surface area contributed by atoms with E-state index in [0.717, 1.165) is 29.5 Å². The van der Waals surface area contributed by atoms with E-state index in [1.165, 1.54) is 0 Å². The molecule has 1 atom stereocenters. The van der Waals surface area contributed by atoms with Crippen molar-refractivity contribution < 1.29 is 8.42 Å². The average Bonchev–Trinajstić information content (AvgIpc) is 3.45. The van der Waals surface area contributed by atoms with Gasteiger partial charge in [0.15, 0.2) is 0 Å². The number of halogens is 1. The lowest BCUT2D eigenvalue weighted by Gasteiger charge is -2.18. The first-order valence-electron chi connectivity index (χ1n) is 8.08. The Bertz CT molecular complexity index is 934. The quantitative estimate of drug-likeness (QED) is 0.835. The highest BCUT2D eigenvalue weighted by Gasteiger charge is 2.35. The van der Waals surface area contributed by atoms with E-state index in [2.05, 4.69) is 9.71 Å². The molecule has 0 radical (unpaired) electrons. The van der Waals surface area contributed by atoms with Gasteiger partial charge < -0.3 is 0 Å². The number of aromatic nitrogens is 1. The Morgan fingerprint density at radius 1 is 1.32 bits per heavy atom. The Labute approximate surface area is 152 Å². The minimum absolute atomic E-state index is 0.0502. The minimum atomic E-state index is -3.30. The third-order valence-electron chi connectivity index (χ3n) is 4.32.